The molecule has 0 aliphatic heterocycles. The van der Waals surface area contributed by atoms with Gasteiger partial charge in [0.25, 0.3) is 0 Å². The lowest BCUT2D eigenvalue weighted by molar-refractivity contribution is 0.574. The molecule has 0 saturated heterocycles. The van der Waals surface area contributed by atoms with Crippen LogP contribution in [0.25, 0.3) is 0 Å². The van der Waals surface area contributed by atoms with E-state index in [0.717, 1.165) is 6.07 Å². The molecule has 0 atom stereocenters. The molecule has 0 spiro atoms. The van der Waals surface area contributed by atoms with E-state index in [9.17, 15) is 8.78 Å². The van der Waals surface area contributed by atoms with Crippen LogP contribution in [0.3, 0.4) is 0 Å². The van der Waals surface area contributed by atoms with Gasteiger partial charge in [0.05, 0.1) is 11.3 Å². The van der Waals surface area contributed by atoms with Gasteiger partial charge >= 0.3 is 0 Å². The third-order valence-corrected chi connectivity index (χ3v) is 2.82. The number of halogens is 3. The van der Waals surface area contributed by atoms with Gasteiger partial charge in [0.1, 0.15) is 17.7 Å². The van der Waals surface area contributed by atoms with Crippen LogP contribution in [-0.2, 0) is 6.54 Å². The second-order valence-corrected chi connectivity index (χ2v) is 4.33. The fourth-order valence-electron chi connectivity index (χ4n) is 1.62. The Morgan fingerprint density at radius 3 is 2.63 bits per heavy atom. The van der Waals surface area contributed by atoms with E-state index in [1.165, 1.54) is 18.2 Å². The van der Waals surface area contributed by atoms with Crippen molar-refractivity contribution in [2.24, 2.45) is 0 Å². The maximum Gasteiger partial charge on any atom is 0.131 e. The topological polar surface area (TPSA) is 35.8 Å². The standard InChI is InChI=1S/C14H9ClF2N2/c15-11-2-4-14(10(5-11)7-18)19-8-9-1-3-12(16)6-13(9)17/h1-6,19H,8H2. The van der Waals surface area contributed by atoms with Crippen molar-refractivity contribution >= 4 is 17.3 Å². The van der Waals surface area contributed by atoms with Crippen molar-refractivity contribution in [3.63, 3.8) is 0 Å². The average Bonchev–Trinajstić information content (AvgIpc) is 2.39. The molecule has 0 aliphatic carbocycles. The molecule has 0 saturated carbocycles. The number of nitrogens with one attached hydrogen (secondary N) is 1. The minimum Gasteiger partial charge on any atom is -0.380 e. The van der Waals surface area contributed by atoms with Gasteiger partial charge in [-0.05, 0) is 24.3 Å². The van der Waals surface area contributed by atoms with Crippen molar-refractivity contribution in [2.75, 3.05) is 5.32 Å². The monoisotopic (exact) mass is 278 g/mol. The average molecular weight is 279 g/mol. The summed E-state index contributed by atoms with van der Waals surface area (Å²) in [6.07, 6.45) is 0. The molecular weight excluding hydrogens is 270 g/mol. The minimum absolute atomic E-state index is 0.155. The van der Waals surface area contributed by atoms with E-state index in [2.05, 4.69) is 5.32 Å². The van der Waals surface area contributed by atoms with Crippen LogP contribution < -0.4 is 5.32 Å². The molecule has 0 heterocycles. The summed E-state index contributed by atoms with van der Waals surface area (Å²) in [4.78, 5) is 0. The zero-order chi connectivity index (χ0) is 13.8. The van der Waals surface area contributed by atoms with E-state index in [1.54, 1.807) is 12.1 Å². The Morgan fingerprint density at radius 2 is 1.95 bits per heavy atom. The van der Waals surface area contributed by atoms with Crippen LogP contribution in [0.1, 0.15) is 11.1 Å². The summed E-state index contributed by atoms with van der Waals surface area (Å²) in [5, 5.41) is 12.3. The Bertz CT molecular complexity index is 650. The maximum atomic E-state index is 13.4. The van der Waals surface area contributed by atoms with Crippen molar-refractivity contribution in [3.05, 3.63) is 64.2 Å². The van der Waals surface area contributed by atoms with E-state index >= 15 is 0 Å². The fourth-order valence-corrected chi connectivity index (χ4v) is 1.79. The summed E-state index contributed by atoms with van der Waals surface area (Å²) < 4.78 is 26.2. The van der Waals surface area contributed by atoms with Gasteiger partial charge in [-0.15, -0.1) is 0 Å². The molecule has 2 nitrogen and oxygen atoms in total. The van der Waals surface area contributed by atoms with E-state index in [1.807, 2.05) is 6.07 Å². The first-order valence-corrected chi connectivity index (χ1v) is 5.85. The highest BCUT2D eigenvalue weighted by molar-refractivity contribution is 6.30. The number of benzene rings is 2. The molecule has 0 radical (unpaired) electrons. The number of nitriles is 1. The Kier molecular flexibility index (Phi) is 3.98. The molecule has 2 aromatic rings. The first kappa shape index (κ1) is 13.3. The van der Waals surface area contributed by atoms with E-state index in [-0.39, 0.29) is 6.54 Å². The van der Waals surface area contributed by atoms with E-state index in [0.29, 0.717) is 21.8 Å². The molecular formula is C14H9ClF2N2. The normalized spacial score (nSPS) is 10.0. The predicted molar refractivity (Wildman–Crippen MR) is 69.9 cm³/mol. The predicted octanol–water partition coefficient (Wildman–Crippen LogP) is 4.10. The van der Waals surface area contributed by atoms with Crippen molar-refractivity contribution < 1.29 is 8.78 Å². The summed E-state index contributed by atoms with van der Waals surface area (Å²) in [7, 11) is 0. The number of hydrogen-bond acceptors (Lipinski definition) is 2. The molecule has 2 aromatic carbocycles. The van der Waals surface area contributed by atoms with Crippen LogP contribution >= 0.6 is 11.6 Å². The van der Waals surface area contributed by atoms with Crippen LogP contribution in [0.5, 0.6) is 0 Å². The highest BCUT2D eigenvalue weighted by Gasteiger charge is 2.06. The molecule has 0 aliphatic rings. The van der Waals surface area contributed by atoms with Gasteiger partial charge in [-0.2, -0.15) is 5.26 Å². The van der Waals surface area contributed by atoms with Gasteiger partial charge in [-0.1, -0.05) is 17.7 Å². The second kappa shape index (κ2) is 5.68. The molecule has 0 bridgehead atoms. The number of anilines is 1. The van der Waals surface area contributed by atoms with Crippen LogP contribution in [0, 0.1) is 23.0 Å². The number of hydrogen-bond donors (Lipinski definition) is 1. The van der Waals surface area contributed by atoms with Crippen molar-refractivity contribution in [1.29, 1.82) is 5.26 Å². The zero-order valence-electron chi connectivity index (χ0n) is 9.75. The third kappa shape index (κ3) is 3.21. The number of rotatable bonds is 3. The first-order valence-electron chi connectivity index (χ1n) is 5.47. The zero-order valence-corrected chi connectivity index (χ0v) is 10.5. The quantitative estimate of drug-likeness (QED) is 0.917. The van der Waals surface area contributed by atoms with Crippen LogP contribution in [-0.4, -0.2) is 0 Å². The summed E-state index contributed by atoms with van der Waals surface area (Å²) in [5.74, 6) is -1.24. The lowest BCUT2D eigenvalue weighted by atomic mass is 10.1. The Labute approximate surface area is 114 Å². The Balaban J connectivity index is 2.17. The lowest BCUT2D eigenvalue weighted by Gasteiger charge is -2.09. The van der Waals surface area contributed by atoms with E-state index < -0.39 is 11.6 Å². The minimum atomic E-state index is -0.625. The smallest absolute Gasteiger partial charge is 0.131 e. The maximum absolute atomic E-state index is 13.4. The van der Waals surface area contributed by atoms with Gasteiger partial charge in [-0.25, -0.2) is 8.78 Å². The Hall–Kier alpha value is -2.12. The SMILES string of the molecule is N#Cc1cc(Cl)ccc1NCc1ccc(F)cc1F. The van der Waals surface area contributed by atoms with Gasteiger partial charge in [-0.3, -0.25) is 0 Å². The summed E-state index contributed by atoms with van der Waals surface area (Å²) in [6.45, 7) is 0.155. The lowest BCUT2D eigenvalue weighted by Crippen LogP contribution is -2.03. The Morgan fingerprint density at radius 1 is 1.16 bits per heavy atom. The largest absolute Gasteiger partial charge is 0.380 e. The van der Waals surface area contributed by atoms with Crippen molar-refractivity contribution in [3.8, 4) is 6.07 Å². The molecule has 5 heteroatoms. The van der Waals surface area contributed by atoms with Crippen LogP contribution in [0.2, 0.25) is 5.02 Å². The van der Waals surface area contributed by atoms with Crippen molar-refractivity contribution in [1.82, 2.24) is 0 Å². The van der Waals surface area contributed by atoms with Gasteiger partial charge < -0.3 is 5.32 Å². The van der Waals surface area contributed by atoms with Crippen molar-refractivity contribution in [2.45, 2.75) is 6.54 Å². The van der Waals surface area contributed by atoms with E-state index in [4.69, 9.17) is 16.9 Å². The van der Waals surface area contributed by atoms with Gasteiger partial charge in [0, 0.05) is 23.2 Å². The van der Waals surface area contributed by atoms with Gasteiger partial charge in [0.15, 0.2) is 0 Å². The summed E-state index contributed by atoms with van der Waals surface area (Å²) in [6, 6.07) is 10.2. The molecule has 96 valence electrons. The number of nitrogens with zero attached hydrogens (tertiary/aromatic N) is 1. The molecule has 19 heavy (non-hydrogen) atoms. The molecule has 0 amide bonds. The molecule has 0 unspecified atom stereocenters. The van der Waals surface area contributed by atoms with Gasteiger partial charge in [0.2, 0.25) is 0 Å². The van der Waals surface area contributed by atoms with Crippen LogP contribution in [0.4, 0.5) is 14.5 Å². The fraction of sp³-hybridized carbons (Fsp3) is 0.0714. The first-order chi connectivity index (χ1) is 9.10. The summed E-state index contributed by atoms with van der Waals surface area (Å²) >= 11 is 5.77. The third-order valence-electron chi connectivity index (χ3n) is 2.59. The van der Waals surface area contributed by atoms with Crippen LogP contribution in [0.15, 0.2) is 36.4 Å². The molecule has 2 rings (SSSR count). The summed E-state index contributed by atoms with van der Waals surface area (Å²) in [5.41, 5.74) is 1.24. The molecule has 0 fully saturated rings. The highest BCUT2D eigenvalue weighted by Crippen LogP contribution is 2.21. The highest BCUT2D eigenvalue weighted by atomic mass is 35.5. The molecule has 0 aromatic heterocycles. The molecule has 1 N–H and O–H groups in total. The second-order valence-electron chi connectivity index (χ2n) is 3.89.